The fourth-order valence-corrected chi connectivity index (χ4v) is 2.06. The molecule has 0 aliphatic rings. The molecule has 26 heavy (non-hydrogen) atoms. The van der Waals surface area contributed by atoms with Crippen LogP contribution in [0.1, 0.15) is 5.56 Å². The number of methoxy groups -OCH3 is 1. The zero-order valence-electron chi connectivity index (χ0n) is 13.4. The molecule has 0 atom stereocenters. The Bertz CT molecular complexity index is 885. The van der Waals surface area contributed by atoms with Gasteiger partial charge in [-0.25, -0.2) is 5.43 Å². The lowest BCUT2D eigenvalue weighted by atomic mass is 10.2. The van der Waals surface area contributed by atoms with Gasteiger partial charge in [0.2, 0.25) is 0 Å². The van der Waals surface area contributed by atoms with Crippen LogP contribution in [-0.2, 0) is 9.59 Å². The van der Waals surface area contributed by atoms with Gasteiger partial charge in [0.25, 0.3) is 5.69 Å². The number of hydrazone groups is 1. The Labute approximate surface area is 152 Å². The summed E-state index contributed by atoms with van der Waals surface area (Å²) < 4.78 is 5.06. The van der Waals surface area contributed by atoms with E-state index in [2.05, 4.69) is 10.4 Å². The van der Waals surface area contributed by atoms with E-state index in [1.807, 2.05) is 5.43 Å². The second-order valence-corrected chi connectivity index (χ2v) is 5.29. The minimum absolute atomic E-state index is 0.119. The van der Waals surface area contributed by atoms with E-state index in [0.717, 1.165) is 0 Å². The number of halogens is 1. The molecule has 10 heteroatoms. The van der Waals surface area contributed by atoms with Crippen molar-refractivity contribution < 1.29 is 19.2 Å². The van der Waals surface area contributed by atoms with Gasteiger partial charge in [-0.15, -0.1) is 0 Å². The van der Waals surface area contributed by atoms with Crippen LogP contribution < -0.4 is 15.5 Å². The molecule has 0 aliphatic heterocycles. The summed E-state index contributed by atoms with van der Waals surface area (Å²) in [6.07, 6.45) is 1.18. The minimum Gasteiger partial charge on any atom is -0.495 e. The minimum atomic E-state index is -1.03. The van der Waals surface area contributed by atoms with Crippen molar-refractivity contribution in [3.63, 3.8) is 0 Å². The smallest absolute Gasteiger partial charge is 0.329 e. The van der Waals surface area contributed by atoms with E-state index < -0.39 is 16.7 Å². The summed E-state index contributed by atoms with van der Waals surface area (Å²) in [4.78, 5) is 33.8. The summed E-state index contributed by atoms with van der Waals surface area (Å²) >= 11 is 5.84. The molecular formula is C16H13ClN4O5. The van der Waals surface area contributed by atoms with E-state index in [1.54, 1.807) is 12.1 Å². The van der Waals surface area contributed by atoms with E-state index in [-0.39, 0.29) is 11.4 Å². The van der Waals surface area contributed by atoms with Gasteiger partial charge in [-0.1, -0.05) is 23.7 Å². The second-order valence-electron chi connectivity index (χ2n) is 4.85. The zero-order chi connectivity index (χ0) is 19.1. The van der Waals surface area contributed by atoms with Crippen molar-refractivity contribution in [1.29, 1.82) is 0 Å². The maximum atomic E-state index is 11.9. The summed E-state index contributed by atoms with van der Waals surface area (Å²) in [6, 6.07) is 10.2. The van der Waals surface area contributed by atoms with Crippen molar-refractivity contribution >= 4 is 41.0 Å². The molecule has 2 amide bonds. The first-order valence-electron chi connectivity index (χ1n) is 7.13. The number of hydrogen-bond donors (Lipinski definition) is 2. The fraction of sp³-hybridized carbons (Fsp3) is 0.0625. The number of rotatable bonds is 5. The molecule has 0 unspecified atom stereocenters. The molecular weight excluding hydrogens is 364 g/mol. The molecule has 9 nitrogen and oxygen atoms in total. The second kappa shape index (κ2) is 8.58. The number of nitro groups is 1. The van der Waals surface area contributed by atoms with Crippen LogP contribution in [0.15, 0.2) is 47.6 Å². The molecule has 0 radical (unpaired) electrons. The van der Waals surface area contributed by atoms with Gasteiger partial charge in [-0.3, -0.25) is 19.7 Å². The molecule has 134 valence electrons. The molecule has 0 saturated carbocycles. The molecule has 2 N–H and O–H groups in total. The Kier molecular flexibility index (Phi) is 6.23. The quantitative estimate of drug-likeness (QED) is 0.359. The summed E-state index contributed by atoms with van der Waals surface area (Å²) in [5, 5.41) is 17.0. The summed E-state index contributed by atoms with van der Waals surface area (Å²) in [7, 11) is 1.41. The number of ether oxygens (including phenoxy) is 1. The molecule has 2 rings (SSSR count). The van der Waals surface area contributed by atoms with Crippen molar-refractivity contribution in [3.8, 4) is 5.75 Å². The number of amides is 2. The number of nitrogens with zero attached hydrogens (tertiary/aromatic N) is 2. The van der Waals surface area contributed by atoms with Gasteiger partial charge in [0.1, 0.15) is 5.75 Å². The Balaban J connectivity index is 1.99. The first-order valence-corrected chi connectivity index (χ1v) is 7.51. The molecule has 0 aromatic heterocycles. The highest BCUT2D eigenvalue weighted by atomic mass is 35.5. The number of benzene rings is 2. The maximum Gasteiger partial charge on any atom is 0.329 e. The monoisotopic (exact) mass is 376 g/mol. The van der Waals surface area contributed by atoms with Gasteiger partial charge in [0, 0.05) is 22.7 Å². The van der Waals surface area contributed by atoms with Gasteiger partial charge >= 0.3 is 11.8 Å². The molecule has 0 spiro atoms. The third-order valence-corrected chi connectivity index (χ3v) is 3.31. The van der Waals surface area contributed by atoms with Crippen molar-refractivity contribution in [2.45, 2.75) is 0 Å². The average Bonchev–Trinajstić information content (AvgIpc) is 2.62. The third-order valence-electron chi connectivity index (χ3n) is 3.08. The van der Waals surface area contributed by atoms with Gasteiger partial charge in [-0.05, 0) is 18.2 Å². The van der Waals surface area contributed by atoms with E-state index in [4.69, 9.17) is 16.3 Å². The lowest BCUT2D eigenvalue weighted by Gasteiger charge is -2.09. The standard InChI is InChI=1S/C16H13ClN4O5/c1-26-14-6-5-11(17)8-13(14)19-15(22)16(23)20-18-9-10-3-2-4-12(7-10)21(24)25/h2-9H,1H3,(H,19,22)(H,20,23)/b18-9-. The highest BCUT2D eigenvalue weighted by Crippen LogP contribution is 2.27. The summed E-state index contributed by atoms with van der Waals surface area (Å²) in [5.41, 5.74) is 2.52. The van der Waals surface area contributed by atoms with Crippen LogP contribution in [-0.4, -0.2) is 30.1 Å². The Morgan fingerprint density at radius 2 is 2.00 bits per heavy atom. The number of nitro benzene ring substituents is 1. The Morgan fingerprint density at radius 1 is 1.23 bits per heavy atom. The van der Waals surface area contributed by atoms with Crippen LogP contribution in [0.25, 0.3) is 0 Å². The average molecular weight is 377 g/mol. The van der Waals surface area contributed by atoms with Crippen molar-refractivity contribution in [2.75, 3.05) is 12.4 Å². The SMILES string of the molecule is COc1ccc(Cl)cc1NC(=O)C(=O)N/N=C\c1cccc([N+](=O)[O-])c1. The maximum absolute atomic E-state index is 11.9. The zero-order valence-corrected chi connectivity index (χ0v) is 14.2. The van der Waals surface area contributed by atoms with Crippen LogP contribution in [0.2, 0.25) is 5.02 Å². The number of nitrogens with one attached hydrogen (secondary N) is 2. The van der Waals surface area contributed by atoms with Gasteiger partial charge in [-0.2, -0.15) is 5.10 Å². The number of carbonyl (C=O) groups excluding carboxylic acids is 2. The van der Waals surface area contributed by atoms with Crippen LogP contribution in [0.4, 0.5) is 11.4 Å². The molecule has 2 aromatic rings. The number of carbonyl (C=O) groups is 2. The molecule has 0 heterocycles. The first kappa shape index (κ1) is 18.9. The largest absolute Gasteiger partial charge is 0.495 e. The highest BCUT2D eigenvalue weighted by molar-refractivity contribution is 6.40. The lowest BCUT2D eigenvalue weighted by molar-refractivity contribution is -0.384. The van der Waals surface area contributed by atoms with E-state index in [9.17, 15) is 19.7 Å². The fourth-order valence-electron chi connectivity index (χ4n) is 1.89. The van der Waals surface area contributed by atoms with E-state index in [0.29, 0.717) is 16.3 Å². The molecule has 0 fully saturated rings. The Hall–Kier alpha value is -3.46. The van der Waals surface area contributed by atoms with Crippen LogP contribution >= 0.6 is 11.6 Å². The first-order chi connectivity index (χ1) is 12.4. The van der Waals surface area contributed by atoms with Crippen LogP contribution in [0, 0.1) is 10.1 Å². The number of anilines is 1. The van der Waals surface area contributed by atoms with Gasteiger partial charge < -0.3 is 10.1 Å². The van der Waals surface area contributed by atoms with Crippen molar-refractivity contribution in [2.24, 2.45) is 5.10 Å². The topological polar surface area (TPSA) is 123 Å². The van der Waals surface area contributed by atoms with E-state index >= 15 is 0 Å². The van der Waals surface area contributed by atoms with Crippen molar-refractivity contribution in [3.05, 3.63) is 63.2 Å². The predicted octanol–water partition coefficient (Wildman–Crippen LogP) is 2.35. The lowest BCUT2D eigenvalue weighted by Crippen LogP contribution is -2.32. The van der Waals surface area contributed by atoms with Gasteiger partial charge in [0.05, 0.1) is 23.9 Å². The molecule has 0 aliphatic carbocycles. The number of non-ortho nitro benzene ring substituents is 1. The summed E-state index contributed by atoms with van der Waals surface area (Å²) in [5.74, 6) is -1.69. The molecule has 0 bridgehead atoms. The van der Waals surface area contributed by atoms with Crippen LogP contribution in [0.5, 0.6) is 5.75 Å². The highest BCUT2D eigenvalue weighted by Gasteiger charge is 2.15. The molecule has 2 aromatic carbocycles. The van der Waals surface area contributed by atoms with Gasteiger partial charge in [0.15, 0.2) is 0 Å². The van der Waals surface area contributed by atoms with E-state index in [1.165, 1.54) is 43.7 Å². The summed E-state index contributed by atoms with van der Waals surface area (Å²) in [6.45, 7) is 0. The van der Waals surface area contributed by atoms with Crippen LogP contribution in [0.3, 0.4) is 0 Å². The third kappa shape index (κ3) is 5.02. The molecule has 0 saturated heterocycles. The Morgan fingerprint density at radius 3 is 2.69 bits per heavy atom. The number of hydrogen-bond acceptors (Lipinski definition) is 6. The normalized spacial score (nSPS) is 10.4. The predicted molar refractivity (Wildman–Crippen MR) is 95.5 cm³/mol. The van der Waals surface area contributed by atoms with Crippen molar-refractivity contribution in [1.82, 2.24) is 5.43 Å².